The van der Waals surface area contributed by atoms with Gasteiger partial charge in [0.05, 0.1) is 6.61 Å². The van der Waals surface area contributed by atoms with Crippen LogP contribution in [0.4, 0.5) is 0 Å². The fraction of sp³-hybridized carbons (Fsp3) is 1.00. The fourth-order valence-electron chi connectivity index (χ4n) is 1.55. The molecule has 1 saturated heterocycles. The van der Waals surface area contributed by atoms with E-state index < -0.39 is 0 Å². The Balaban J connectivity index is 2.29. The average Bonchev–Trinajstić information content (AvgIpc) is 2.12. The van der Waals surface area contributed by atoms with Gasteiger partial charge in [-0.1, -0.05) is 13.8 Å². The molecule has 0 bridgehead atoms. The molecule has 60 valence electrons. The van der Waals surface area contributed by atoms with Crippen molar-refractivity contribution in [2.45, 2.75) is 26.3 Å². The topological polar surface area (TPSA) is 21.3 Å². The van der Waals surface area contributed by atoms with Gasteiger partial charge in [0.2, 0.25) is 0 Å². The van der Waals surface area contributed by atoms with Crippen LogP contribution >= 0.6 is 0 Å². The summed E-state index contributed by atoms with van der Waals surface area (Å²) in [6, 6.07) is 0.583. The van der Waals surface area contributed by atoms with Gasteiger partial charge in [-0.05, 0) is 11.8 Å². The number of ether oxygens (including phenoxy) is 1. The van der Waals surface area contributed by atoms with Gasteiger partial charge in [0.15, 0.2) is 0 Å². The van der Waals surface area contributed by atoms with Gasteiger partial charge in [-0.15, -0.1) is 0 Å². The first kappa shape index (κ1) is 8.02. The van der Waals surface area contributed by atoms with E-state index in [0.29, 0.717) is 11.5 Å². The predicted octanol–water partition coefficient (Wildman–Crippen LogP) is 1.02. The molecule has 1 aliphatic heterocycles. The first-order valence-electron chi connectivity index (χ1n) is 3.86. The summed E-state index contributed by atoms with van der Waals surface area (Å²) in [5, 5.41) is 3.42. The number of nitrogens with one attached hydrogen (secondary N) is 1. The van der Waals surface area contributed by atoms with Crippen LogP contribution in [0.25, 0.3) is 0 Å². The molecule has 1 heterocycles. The Hall–Kier alpha value is -0.0800. The lowest BCUT2D eigenvalue weighted by molar-refractivity contribution is 0.170. The van der Waals surface area contributed by atoms with Crippen LogP contribution in [-0.2, 0) is 4.74 Å². The Morgan fingerprint density at radius 1 is 1.60 bits per heavy atom. The minimum Gasteiger partial charge on any atom is -0.383 e. The number of rotatable bonds is 2. The van der Waals surface area contributed by atoms with Crippen LogP contribution in [0.1, 0.15) is 20.3 Å². The Bertz CT molecular complexity index is 112. The molecule has 0 aromatic heterocycles. The molecule has 1 aliphatic rings. The molecule has 0 aromatic carbocycles. The molecular weight excluding hydrogens is 126 g/mol. The predicted molar refractivity (Wildman–Crippen MR) is 42.1 cm³/mol. The monoisotopic (exact) mass is 143 g/mol. The summed E-state index contributed by atoms with van der Waals surface area (Å²) in [7, 11) is 1.76. The third-order valence-electron chi connectivity index (χ3n) is 2.04. The van der Waals surface area contributed by atoms with E-state index in [9.17, 15) is 0 Å². The second-order valence-corrected chi connectivity index (χ2v) is 3.90. The highest BCUT2D eigenvalue weighted by Gasteiger charge is 2.29. The quantitative estimate of drug-likeness (QED) is 0.623. The van der Waals surface area contributed by atoms with Crippen molar-refractivity contribution in [2.24, 2.45) is 5.41 Å². The zero-order valence-electron chi connectivity index (χ0n) is 7.11. The number of methoxy groups -OCH3 is 1. The van der Waals surface area contributed by atoms with Crippen LogP contribution in [0.2, 0.25) is 0 Å². The van der Waals surface area contributed by atoms with Crippen LogP contribution in [-0.4, -0.2) is 26.3 Å². The summed E-state index contributed by atoms with van der Waals surface area (Å²) >= 11 is 0. The van der Waals surface area contributed by atoms with E-state index in [4.69, 9.17) is 4.74 Å². The van der Waals surface area contributed by atoms with Crippen molar-refractivity contribution in [3.8, 4) is 0 Å². The third kappa shape index (κ3) is 1.96. The molecule has 0 spiro atoms. The van der Waals surface area contributed by atoms with Gasteiger partial charge < -0.3 is 10.1 Å². The summed E-state index contributed by atoms with van der Waals surface area (Å²) in [6.45, 7) is 6.55. The minimum atomic E-state index is 0.475. The van der Waals surface area contributed by atoms with Gasteiger partial charge in [-0.2, -0.15) is 0 Å². The van der Waals surface area contributed by atoms with Gasteiger partial charge in [-0.25, -0.2) is 0 Å². The highest BCUT2D eigenvalue weighted by molar-refractivity contribution is 4.87. The highest BCUT2D eigenvalue weighted by atomic mass is 16.5. The van der Waals surface area contributed by atoms with E-state index in [1.54, 1.807) is 7.11 Å². The maximum Gasteiger partial charge on any atom is 0.0616 e. The summed E-state index contributed by atoms with van der Waals surface area (Å²) in [5.41, 5.74) is 0.475. The Kier molecular flexibility index (Phi) is 2.32. The lowest BCUT2D eigenvalue weighted by Crippen LogP contribution is -2.25. The van der Waals surface area contributed by atoms with Gasteiger partial charge in [0.25, 0.3) is 0 Å². The standard InChI is InChI=1S/C8H17NO/c1-8(2)4-7(5-10-3)9-6-8/h7,9H,4-6H2,1-3H3. The van der Waals surface area contributed by atoms with Crippen LogP contribution in [0.3, 0.4) is 0 Å². The second-order valence-electron chi connectivity index (χ2n) is 3.90. The molecule has 1 rings (SSSR count). The normalized spacial score (nSPS) is 30.9. The largest absolute Gasteiger partial charge is 0.383 e. The molecule has 0 saturated carbocycles. The lowest BCUT2D eigenvalue weighted by Gasteiger charge is -2.14. The van der Waals surface area contributed by atoms with Crippen LogP contribution in [0, 0.1) is 5.41 Å². The summed E-state index contributed by atoms with van der Waals surface area (Å²) in [6.07, 6.45) is 1.24. The maximum absolute atomic E-state index is 5.06. The fourth-order valence-corrected chi connectivity index (χ4v) is 1.55. The Labute approximate surface area is 63.0 Å². The van der Waals surface area contributed by atoms with Crippen molar-refractivity contribution in [2.75, 3.05) is 20.3 Å². The zero-order valence-corrected chi connectivity index (χ0v) is 7.11. The van der Waals surface area contributed by atoms with Crippen LogP contribution in [0.15, 0.2) is 0 Å². The molecule has 0 radical (unpaired) electrons. The first-order chi connectivity index (χ1) is 4.64. The second kappa shape index (κ2) is 2.89. The maximum atomic E-state index is 5.06. The van der Waals surface area contributed by atoms with Crippen molar-refractivity contribution in [1.29, 1.82) is 0 Å². The van der Waals surface area contributed by atoms with Crippen molar-refractivity contribution in [1.82, 2.24) is 5.32 Å². The van der Waals surface area contributed by atoms with Gasteiger partial charge >= 0.3 is 0 Å². The molecule has 1 atom stereocenters. The molecule has 2 nitrogen and oxygen atoms in total. The molecule has 2 heteroatoms. The lowest BCUT2D eigenvalue weighted by atomic mass is 9.91. The molecule has 1 N–H and O–H groups in total. The average molecular weight is 143 g/mol. The molecule has 0 aliphatic carbocycles. The SMILES string of the molecule is COCC1CC(C)(C)CN1. The first-order valence-corrected chi connectivity index (χ1v) is 3.86. The smallest absolute Gasteiger partial charge is 0.0616 e. The summed E-state index contributed by atoms with van der Waals surface area (Å²) in [4.78, 5) is 0. The van der Waals surface area contributed by atoms with E-state index in [0.717, 1.165) is 13.2 Å². The van der Waals surface area contributed by atoms with Gasteiger partial charge in [0, 0.05) is 19.7 Å². The molecule has 1 fully saturated rings. The van der Waals surface area contributed by atoms with E-state index in [1.165, 1.54) is 6.42 Å². The molecule has 10 heavy (non-hydrogen) atoms. The van der Waals surface area contributed by atoms with Crippen molar-refractivity contribution < 1.29 is 4.74 Å². The molecule has 0 amide bonds. The number of hydrogen-bond acceptors (Lipinski definition) is 2. The molecule has 0 aromatic rings. The van der Waals surface area contributed by atoms with Gasteiger partial charge in [0.1, 0.15) is 0 Å². The van der Waals surface area contributed by atoms with Gasteiger partial charge in [-0.3, -0.25) is 0 Å². The highest BCUT2D eigenvalue weighted by Crippen LogP contribution is 2.26. The van der Waals surface area contributed by atoms with Crippen molar-refractivity contribution >= 4 is 0 Å². The van der Waals surface area contributed by atoms with Crippen LogP contribution in [0.5, 0.6) is 0 Å². The number of hydrogen-bond donors (Lipinski definition) is 1. The van der Waals surface area contributed by atoms with Crippen molar-refractivity contribution in [3.05, 3.63) is 0 Å². The third-order valence-corrected chi connectivity index (χ3v) is 2.04. The zero-order chi connectivity index (χ0) is 7.61. The summed E-state index contributed by atoms with van der Waals surface area (Å²) in [5.74, 6) is 0. The van der Waals surface area contributed by atoms with E-state index in [1.807, 2.05) is 0 Å². The Morgan fingerprint density at radius 3 is 2.70 bits per heavy atom. The molecular formula is C8H17NO. The van der Waals surface area contributed by atoms with Crippen molar-refractivity contribution in [3.63, 3.8) is 0 Å². The van der Waals surface area contributed by atoms with Crippen LogP contribution < -0.4 is 5.32 Å². The Morgan fingerprint density at radius 2 is 2.30 bits per heavy atom. The van der Waals surface area contributed by atoms with E-state index in [2.05, 4.69) is 19.2 Å². The van der Waals surface area contributed by atoms with E-state index in [-0.39, 0.29) is 0 Å². The molecule has 1 unspecified atom stereocenters. The van der Waals surface area contributed by atoms with E-state index >= 15 is 0 Å². The minimum absolute atomic E-state index is 0.475. The summed E-state index contributed by atoms with van der Waals surface area (Å²) < 4.78 is 5.06.